The largest absolute Gasteiger partial charge is 0.494 e. The molecule has 4 rings (SSSR count). The maximum absolute atomic E-state index is 12.0. The van der Waals surface area contributed by atoms with E-state index in [9.17, 15) is 9.90 Å². The Labute approximate surface area is 122 Å². The average Bonchev–Trinajstić information content (AvgIpc) is 3.18. The van der Waals surface area contributed by atoms with E-state index < -0.39 is 0 Å². The Bertz CT molecular complexity index is 827. The number of thiophene rings is 2. The molecule has 1 N–H and O–H groups in total. The highest BCUT2D eigenvalue weighted by Crippen LogP contribution is 2.42. The summed E-state index contributed by atoms with van der Waals surface area (Å²) in [6, 6.07) is 7.70. The molecule has 0 unspecified atom stereocenters. The number of fused-ring (bicyclic) bond motifs is 1. The number of carbonyl (C=O) groups is 1. The number of aromatic hydroxyl groups is 1. The highest BCUT2D eigenvalue weighted by atomic mass is 32.1. The van der Waals surface area contributed by atoms with Crippen LogP contribution in [0.3, 0.4) is 0 Å². The molecular formula is C14H8N2O2S2. The van der Waals surface area contributed by atoms with Crippen LogP contribution in [0.15, 0.2) is 40.0 Å². The van der Waals surface area contributed by atoms with Crippen LogP contribution in [-0.2, 0) is 0 Å². The fourth-order valence-corrected chi connectivity index (χ4v) is 3.87. The van der Waals surface area contributed by atoms with E-state index in [0.29, 0.717) is 11.1 Å². The van der Waals surface area contributed by atoms with Crippen molar-refractivity contribution < 1.29 is 9.90 Å². The van der Waals surface area contributed by atoms with E-state index in [2.05, 4.69) is 4.99 Å². The average molecular weight is 300 g/mol. The third kappa shape index (κ3) is 1.46. The standard InChI is InChI=1S/C14H8N2O2S2/c17-13-11-8(7-15-13)14(18)16(10-4-2-6-20-10)12(11)9-3-1-5-19-9/h1-7,18H. The Hall–Kier alpha value is -2.18. The molecule has 1 aliphatic heterocycles. The van der Waals surface area contributed by atoms with Gasteiger partial charge in [-0.05, 0) is 29.0 Å². The number of carbonyl (C=O) groups excluding carboxylic acids is 1. The van der Waals surface area contributed by atoms with Gasteiger partial charge in [-0.15, -0.1) is 22.7 Å². The predicted octanol–water partition coefficient (Wildman–Crippen LogP) is 3.55. The van der Waals surface area contributed by atoms with E-state index in [1.54, 1.807) is 4.57 Å². The van der Waals surface area contributed by atoms with Crippen molar-refractivity contribution in [3.05, 3.63) is 46.2 Å². The lowest BCUT2D eigenvalue weighted by Crippen LogP contribution is -1.97. The van der Waals surface area contributed by atoms with Gasteiger partial charge >= 0.3 is 0 Å². The molecule has 0 atom stereocenters. The fourth-order valence-electron chi connectivity index (χ4n) is 2.36. The molecular weight excluding hydrogens is 292 g/mol. The molecule has 3 aromatic heterocycles. The molecule has 1 amide bonds. The quantitative estimate of drug-likeness (QED) is 0.787. The minimum atomic E-state index is -0.297. The van der Waals surface area contributed by atoms with E-state index in [1.165, 1.54) is 28.9 Å². The SMILES string of the molecule is O=C1N=Cc2c1c(-c1cccs1)n(-c1cccs1)c2O. The third-order valence-electron chi connectivity index (χ3n) is 3.19. The molecule has 0 aromatic carbocycles. The van der Waals surface area contributed by atoms with Crippen LogP contribution in [0.25, 0.3) is 15.6 Å². The Morgan fingerprint density at radius 2 is 1.95 bits per heavy atom. The molecule has 6 heteroatoms. The second-order valence-electron chi connectivity index (χ2n) is 4.29. The maximum atomic E-state index is 12.0. The molecule has 0 saturated carbocycles. The summed E-state index contributed by atoms with van der Waals surface area (Å²) in [6.45, 7) is 0. The monoisotopic (exact) mass is 300 g/mol. The lowest BCUT2D eigenvalue weighted by Gasteiger charge is -2.07. The van der Waals surface area contributed by atoms with Gasteiger partial charge in [-0.25, -0.2) is 4.99 Å². The van der Waals surface area contributed by atoms with Crippen molar-refractivity contribution in [1.82, 2.24) is 4.57 Å². The van der Waals surface area contributed by atoms with Gasteiger partial charge in [0.2, 0.25) is 5.88 Å². The van der Waals surface area contributed by atoms with Crippen molar-refractivity contribution in [3.8, 4) is 21.5 Å². The van der Waals surface area contributed by atoms with E-state index in [-0.39, 0.29) is 11.8 Å². The number of aromatic nitrogens is 1. The first-order valence-electron chi connectivity index (χ1n) is 5.91. The molecule has 98 valence electrons. The lowest BCUT2D eigenvalue weighted by molar-refractivity contribution is 0.101. The number of nitrogens with zero attached hydrogens (tertiary/aromatic N) is 2. The van der Waals surface area contributed by atoms with Crippen LogP contribution >= 0.6 is 22.7 Å². The number of aliphatic imine (C=N–C) groups is 1. The Kier molecular flexibility index (Phi) is 2.42. The Balaban J connectivity index is 2.11. The van der Waals surface area contributed by atoms with E-state index >= 15 is 0 Å². The molecule has 20 heavy (non-hydrogen) atoms. The van der Waals surface area contributed by atoms with Crippen molar-refractivity contribution in [2.75, 3.05) is 0 Å². The van der Waals surface area contributed by atoms with Gasteiger partial charge < -0.3 is 5.11 Å². The summed E-state index contributed by atoms with van der Waals surface area (Å²) in [5, 5.41) is 15.2. The van der Waals surface area contributed by atoms with Crippen molar-refractivity contribution >= 4 is 34.8 Å². The molecule has 0 radical (unpaired) electrons. The molecule has 0 fully saturated rings. The minimum Gasteiger partial charge on any atom is -0.494 e. The summed E-state index contributed by atoms with van der Waals surface area (Å²) < 4.78 is 1.73. The molecule has 0 spiro atoms. The van der Waals surface area contributed by atoms with Crippen molar-refractivity contribution in [3.63, 3.8) is 0 Å². The van der Waals surface area contributed by atoms with Gasteiger partial charge in [0.05, 0.1) is 21.7 Å². The first kappa shape index (κ1) is 11.6. The summed E-state index contributed by atoms with van der Waals surface area (Å²) in [5.41, 5.74) is 1.71. The fraction of sp³-hybridized carbons (Fsp3) is 0. The zero-order chi connectivity index (χ0) is 13.7. The van der Waals surface area contributed by atoms with E-state index in [1.807, 2.05) is 35.0 Å². The van der Waals surface area contributed by atoms with Crippen LogP contribution in [-0.4, -0.2) is 21.8 Å². The van der Waals surface area contributed by atoms with Crippen molar-refractivity contribution in [1.29, 1.82) is 0 Å². The number of hydrogen-bond donors (Lipinski definition) is 1. The molecule has 3 aromatic rings. The maximum Gasteiger partial charge on any atom is 0.280 e. The van der Waals surface area contributed by atoms with Gasteiger partial charge in [0.15, 0.2) is 0 Å². The Morgan fingerprint density at radius 3 is 2.65 bits per heavy atom. The van der Waals surface area contributed by atoms with E-state index in [0.717, 1.165) is 15.6 Å². The summed E-state index contributed by atoms with van der Waals surface area (Å²) in [6.07, 6.45) is 1.44. The third-order valence-corrected chi connectivity index (χ3v) is 4.92. The molecule has 4 nitrogen and oxygen atoms in total. The van der Waals surface area contributed by atoms with Gasteiger partial charge in [-0.1, -0.05) is 6.07 Å². The lowest BCUT2D eigenvalue weighted by atomic mass is 10.1. The Morgan fingerprint density at radius 1 is 1.15 bits per heavy atom. The number of amides is 1. The smallest absolute Gasteiger partial charge is 0.280 e. The van der Waals surface area contributed by atoms with Crippen LogP contribution in [0.1, 0.15) is 15.9 Å². The zero-order valence-electron chi connectivity index (χ0n) is 10.1. The predicted molar refractivity (Wildman–Crippen MR) is 80.5 cm³/mol. The molecule has 0 bridgehead atoms. The van der Waals surface area contributed by atoms with Gasteiger partial charge in [-0.2, -0.15) is 0 Å². The summed E-state index contributed by atoms with van der Waals surface area (Å²) in [5.74, 6) is -0.227. The second kappa shape index (κ2) is 4.16. The van der Waals surface area contributed by atoms with Crippen molar-refractivity contribution in [2.45, 2.75) is 0 Å². The second-order valence-corrected chi connectivity index (χ2v) is 6.16. The van der Waals surface area contributed by atoms with Gasteiger partial charge in [0, 0.05) is 6.21 Å². The highest BCUT2D eigenvalue weighted by molar-refractivity contribution is 7.14. The van der Waals surface area contributed by atoms with Crippen LogP contribution in [0, 0.1) is 0 Å². The van der Waals surface area contributed by atoms with Gasteiger partial charge in [-0.3, -0.25) is 9.36 Å². The normalized spacial score (nSPS) is 13.1. The van der Waals surface area contributed by atoms with Crippen LogP contribution in [0.4, 0.5) is 0 Å². The van der Waals surface area contributed by atoms with Crippen LogP contribution < -0.4 is 0 Å². The number of rotatable bonds is 2. The van der Waals surface area contributed by atoms with Gasteiger partial charge in [0.25, 0.3) is 5.91 Å². The minimum absolute atomic E-state index is 0.0699. The van der Waals surface area contributed by atoms with Gasteiger partial charge in [0.1, 0.15) is 5.00 Å². The summed E-state index contributed by atoms with van der Waals surface area (Å²) in [7, 11) is 0. The first-order valence-corrected chi connectivity index (χ1v) is 7.67. The summed E-state index contributed by atoms with van der Waals surface area (Å²) in [4.78, 5) is 16.7. The van der Waals surface area contributed by atoms with Crippen molar-refractivity contribution in [2.24, 2.45) is 4.99 Å². The molecule has 4 heterocycles. The molecule has 0 saturated heterocycles. The first-order chi connectivity index (χ1) is 9.77. The van der Waals surface area contributed by atoms with Crippen LogP contribution in [0.5, 0.6) is 5.88 Å². The zero-order valence-corrected chi connectivity index (χ0v) is 11.7. The highest BCUT2D eigenvalue weighted by Gasteiger charge is 2.31. The number of hydrogen-bond acceptors (Lipinski definition) is 4. The molecule has 1 aliphatic rings. The van der Waals surface area contributed by atoms with Crippen LogP contribution in [0.2, 0.25) is 0 Å². The topological polar surface area (TPSA) is 54.6 Å². The summed E-state index contributed by atoms with van der Waals surface area (Å²) >= 11 is 3.05. The molecule has 0 aliphatic carbocycles. The van der Waals surface area contributed by atoms with E-state index in [4.69, 9.17) is 0 Å².